The molecule has 0 spiro atoms. The maximum atomic E-state index is 8.49. The monoisotopic (exact) mass is 1650 g/mol. The average molecular weight is 1660 g/mol. The molecule has 4 aliphatic rings. The van der Waals surface area contributed by atoms with Crippen LogP contribution in [0.15, 0.2) is 272 Å². The van der Waals surface area contributed by atoms with Crippen molar-refractivity contribution in [3.8, 4) is 0 Å². The lowest BCUT2D eigenvalue weighted by Crippen LogP contribution is -2.68. The summed E-state index contributed by atoms with van der Waals surface area (Å²) >= 11 is 15.4. The zero-order chi connectivity index (χ0) is 72.6. The van der Waals surface area contributed by atoms with E-state index in [9.17, 15) is 0 Å². The highest BCUT2D eigenvalue weighted by molar-refractivity contribution is 9.11. The van der Waals surface area contributed by atoms with E-state index in [1.165, 1.54) is 133 Å². The highest BCUT2D eigenvalue weighted by Crippen LogP contribution is 2.55. The zero-order valence-corrected chi connectivity index (χ0v) is 65.1. The first-order valence-electron chi connectivity index (χ1n) is 33.2. The molecular weight excluding hydrogens is 1580 g/mol. The molecule has 2 unspecified atom stereocenters. The maximum absolute atomic E-state index is 8.49. The van der Waals surface area contributed by atoms with Crippen LogP contribution in [0.5, 0.6) is 0 Å². The molecule has 0 amide bonds. The molecule has 12 nitrogen and oxygen atoms in total. The molecule has 0 bridgehead atoms. The Morgan fingerprint density at radius 3 is 0.961 bits per heavy atom. The molecule has 0 fully saturated rings. The first-order valence-corrected chi connectivity index (χ1v) is 38.8. The Morgan fingerprint density at radius 2 is 0.647 bits per heavy atom. The minimum atomic E-state index is -4.94. The summed E-state index contributed by atoms with van der Waals surface area (Å²) in [7, 11) is -5.39. The second kappa shape index (κ2) is 28.2. The van der Waals surface area contributed by atoms with Crippen LogP contribution >= 0.6 is 63.7 Å². The Hall–Kier alpha value is -7.46. The van der Waals surface area contributed by atoms with Crippen molar-refractivity contribution in [3.63, 3.8) is 0 Å². The van der Waals surface area contributed by atoms with Crippen molar-refractivity contribution in [1.82, 2.24) is 0 Å². The van der Waals surface area contributed by atoms with E-state index in [0.29, 0.717) is 13.1 Å². The summed E-state index contributed by atoms with van der Waals surface area (Å²) in [5, 5.41) is 10.1. The molecule has 0 saturated carbocycles. The Balaban J connectivity index is 0.000000870. The fourth-order valence-electron chi connectivity index (χ4n) is 16.5. The molecule has 0 radical (unpaired) electrons. The van der Waals surface area contributed by atoms with Crippen molar-refractivity contribution < 1.29 is 66.9 Å². The molecule has 0 saturated heterocycles. The average Bonchev–Trinajstić information content (AvgIpc) is 1.57. The van der Waals surface area contributed by atoms with Crippen molar-refractivity contribution in [1.29, 1.82) is 0 Å². The lowest BCUT2D eigenvalue weighted by molar-refractivity contribution is -2.00. The molecule has 0 aliphatic carbocycles. The van der Waals surface area contributed by atoms with Gasteiger partial charge in [0.15, 0.2) is 11.4 Å². The second-order valence-electron chi connectivity index (χ2n) is 28.0. The lowest BCUT2D eigenvalue weighted by atomic mass is 9.73. The van der Waals surface area contributed by atoms with Gasteiger partial charge in [0, 0.05) is 100.0 Å². The summed E-state index contributed by atoms with van der Waals surface area (Å²) in [5.41, 5.74) is 19.4. The van der Waals surface area contributed by atoms with Crippen molar-refractivity contribution >= 4 is 141 Å². The van der Waals surface area contributed by atoms with Gasteiger partial charge < -0.3 is 9.80 Å². The zero-order valence-electron chi connectivity index (χ0n) is 57.2. The maximum Gasteiger partial charge on any atom is 0.210 e. The number of hydrogen-bond acceptors (Lipinski definition) is 10. The van der Waals surface area contributed by atoms with Crippen LogP contribution < -0.4 is 47.1 Å². The third-order valence-electron chi connectivity index (χ3n) is 20.7. The van der Waals surface area contributed by atoms with E-state index in [-0.39, 0.29) is 21.7 Å². The molecular formula is C84H72Br4Cl2N4O8. The lowest BCUT2D eigenvalue weighted by Gasteiger charge is -2.28. The van der Waals surface area contributed by atoms with E-state index in [1.807, 2.05) is 0 Å². The minimum Gasteiger partial charge on any atom is -0.340 e. The molecule has 518 valence electrons. The smallest absolute Gasteiger partial charge is 0.210 e. The number of anilines is 2. The molecule has 11 aromatic carbocycles. The highest BCUT2D eigenvalue weighted by atomic mass is 79.9. The molecule has 11 aromatic rings. The van der Waals surface area contributed by atoms with E-state index in [2.05, 4.69) is 381 Å². The van der Waals surface area contributed by atoms with E-state index in [1.54, 1.807) is 0 Å². The van der Waals surface area contributed by atoms with Gasteiger partial charge in [-0.05, 0) is 188 Å². The fourth-order valence-corrected chi connectivity index (χ4v) is 18.0. The van der Waals surface area contributed by atoms with Gasteiger partial charge in [-0.15, -0.1) is 20.5 Å². The van der Waals surface area contributed by atoms with Gasteiger partial charge in [0.05, 0.1) is 10.8 Å². The van der Waals surface area contributed by atoms with Crippen molar-refractivity contribution in [2.75, 3.05) is 23.9 Å². The number of benzene rings is 11. The van der Waals surface area contributed by atoms with Gasteiger partial charge in [-0.1, -0.05) is 225 Å². The fraction of sp³-hybridized carbons (Fsp3) is 0.190. The summed E-state index contributed by atoms with van der Waals surface area (Å²) in [6.07, 6.45) is 16.0. The third kappa shape index (κ3) is 14.3. The molecule has 0 N–H and O–H groups in total. The molecule has 0 aromatic heterocycles. The molecule has 4 heterocycles. The minimum absolute atomic E-state index is 0.304. The summed E-state index contributed by atoms with van der Waals surface area (Å²) in [5.74, 6) is 0. The predicted octanol–water partition coefficient (Wildman–Crippen LogP) is 13.2. The van der Waals surface area contributed by atoms with Crippen LogP contribution in [0.1, 0.15) is 86.1 Å². The number of halogens is 6. The molecule has 18 heteroatoms. The topological polar surface area (TPSA) is 197 Å². The summed E-state index contributed by atoms with van der Waals surface area (Å²) < 4.78 is 77.2. The first kappa shape index (κ1) is 72.9. The van der Waals surface area contributed by atoms with Crippen molar-refractivity contribution in [2.24, 2.45) is 0 Å². The van der Waals surface area contributed by atoms with Gasteiger partial charge in [-0.25, -0.2) is 37.3 Å². The van der Waals surface area contributed by atoms with Crippen LogP contribution in [0, 0.1) is 20.5 Å². The number of allylic oxidation sites excluding steroid dienone is 8. The number of rotatable bonds is 12. The molecule has 4 aliphatic heterocycles. The van der Waals surface area contributed by atoms with Crippen LogP contribution in [0.3, 0.4) is 0 Å². The molecule has 102 heavy (non-hydrogen) atoms. The predicted molar refractivity (Wildman–Crippen MR) is 403 cm³/mol. The highest BCUT2D eigenvalue weighted by Gasteiger charge is 2.50. The van der Waals surface area contributed by atoms with Gasteiger partial charge in [0.2, 0.25) is 11.4 Å². The Morgan fingerprint density at radius 1 is 0.363 bits per heavy atom. The quantitative estimate of drug-likeness (QED) is 0.106. The normalized spacial score (nSPS) is 19.0. The summed E-state index contributed by atoms with van der Waals surface area (Å²) in [6.45, 7) is 16.0. The van der Waals surface area contributed by atoms with E-state index in [4.69, 9.17) is 37.3 Å². The second-order valence-corrected chi connectivity index (χ2v) is 33.2. The van der Waals surface area contributed by atoms with Crippen LogP contribution in [0.4, 0.5) is 22.7 Å². The van der Waals surface area contributed by atoms with Crippen LogP contribution in [-0.4, -0.2) is 34.7 Å². The SMILES string of the molecule is C[N+]1=C(/C=C/C=C2/N(Cc3ccc(CN4/C(=C/C=C/C5=[N+](C)c6ccc7ccc(Br)cc7c6C5(C)Cc5ccccc5)C(C)(C)c5c4ccc4ccc(Br)cc54)cc3)c3ccc4ccc(Br)cc4c3C2(C)C)C(C)(Cc2ccccc2)c2c1ccc1ccc(Br)cc21.[O-][Cl+3]([O-])([O-])[O-].[O-][Cl+3]([O-])([O-])[O-]. The summed E-state index contributed by atoms with van der Waals surface area (Å²) in [4.78, 5) is 5.17. The summed E-state index contributed by atoms with van der Waals surface area (Å²) in [6, 6.07) is 76.8. The molecule has 2 atom stereocenters. The van der Waals surface area contributed by atoms with Crippen LogP contribution in [0.25, 0.3) is 43.1 Å². The van der Waals surface area contributed by atoms with Gasteiger partial charge in [-0.2, -0.15) is 9.15 Å². The number of nitrogens with zero attached hydrogens (tertiary/aromatic N) is 4. The Bertz CT molecular complexity index is 5020. The van der Waals surface area contributed by atoms with Gasteiger partial charge in [-0.3, -0.25) is 0 Å². The standard InChI is InChI=1S/C84H72Br4N4.2ClHO4/c1-81(2)73(21-15-23-75-83(5,49-53-17-11-9-12-18-53)79-67-47-63(87)39-31-59(67)33-41-69(79)89(75)7)91(71-43-35-57-29-37-61(85)45-65(57)77(71)81)51-55-25-27-56(28-26-55)52-92-72-44-36-58-30-38-62(86)46-66(58)78(72)82(3,4)74(92)22-16-24-76-84(6,50-54-19-13-10-14-20-54)80-68-48-64(88)40-32-60(68)34-42-70(80)90(76)8;2*2-1(3,4)5/h9-48H,49-52H2,1-8H3;2*(H,2,3,4,5)/q+2;;/p-2. The van der Waals surface area contributed by atoms with E-state index >= 15 is 0 Å². The largest absolute Gasteiger partial charge is 0.340 e. The van der Waals surface area contributed by atoms with E-state index in [0.717, 1.165) is 30.7 Å². The van der Waals surface area contributed by atoms with Crippen molar-refractivity contribution in [2.45, 2.75) is 89.1 Å². The Labute approximate surface area is 632 Å². The molecule has 15 rings (SSSR count). The van der Waals surface area contributed by atoms with Gasteiger partial charge in [0.25, 0.3) is 0 Å². The van der Waals surface area contributed by atoms with Crippen LogP contribution in [-0.2, 0) is 47.6 Å². The van der Waals surface area contributed by atoms with E-state index < -0.39 is 20.5 Å². The van der Waals surface area contributed by atoms with Crippen LogP contribution in [0.2, 0.25) is 0 Å². The third-order valence-corrected chi connectivity index (χ3v) is 22.7. The Kier molecular flexibility index (Phi) is 20.1. The van der Waals surface area contributed by atoms with Gasteiger partial charge >= 0.3 is 0 Å². The number of fused-ring (bicyclic) bond motifs is 12. The van der Waals surface area contributed by atoms with Gasteiger partial charge in [0.1, 0.15) is 14.1 Å². The number of hydrogen-bond donors (Lipinski definition) is 0. The van der Waals surface area contributed by atoms with Crippen molar-refractivity contribution in [3.05, 3.63) is 317 Å². The first-order chi connectivity index (χ1) is 48.3.